The lowest BCUT2D eigenvalue weighted by molar-refractivity contribution is 0.573. The van der Waals surface area contributed by atoms with Crippen LogP contribution >= 0.6 is 23.2 Å². The summed E-state index contributed by atoms with van der Waals surface area (Å²) in [5.74, 6) is 0. The van der Waals surface area contributed by atoms with Crippen molar-refractivity contribution in [1.29, 1.82) is 0 Å². The van der Waals surface area contributed by atoms with E-state index in [0.717, 1.165) is 22.2 Å². The Labute approximate surface area is 124 Å². The van der Waals surface area contributed by atoms with Gasteiger partial charge in [-0.25, -0.2) is 0 Å². The summed E-state index contributed by atoms with van der Waals surface area (Å²) >= 11 is 12.2. The van der Waals surface area contributed by atoms with Crippen LogP contribution in [0.1, 0.15) is 29.7 Å². The summed E-state index contributed by atoms with van der Waals surface area (Å²) in [6.07, 6.45) is 0. The Bertz CT molecular complexity index is 566. The first-order valence-electron chi connectivity index (χ1n) is 6.31. The molecular weight excluding hydrogens is 277 g/mol. The highest BCUT2D eigenvalue weighted by Gasteiger charge is 2.09. The van der Waals surface area contributed by atoms with Crippen molar-refractivity contribution in [2.75, 3.05) is 0 Å². The summed E-state index contributed by atoms with van der Waals surface area (Å²) in [6.45, 7) is 4.99. The number of hydrogen-bond donors (Lipinski definition) is 1. The van der Waals surface area contributed by atoms with Crippen LogP contribution in [0, 0.1) is 6.92 Å². The molecule has 0 bridgehead atoms. The summed E-state index contributed by atoms with van der Waals surface area (Å²) in [5.41, 5.74) is 3.57. The highest BCUT2D eigenvalue weighted by atomic mass is 35.5. The van der Waals surface area contributed by atoms with Gasteiger partial charge in [-0.15, -0.1) is 0 Å². The van der Waals surface area contributed by atoms with Gasteiger partial charge in [0.2, 0.25) is 0 Å². The maximum absolute atomic E-state index is 6.20. The van der Waals surface area contributed by atoms with Crippen LogP contribution in [-0.2, 0) is 6.54 Å². The number of aryl methyl sites for hydroxylation is 1. The van der Waals surface area contributed by atoms with E-state index >= 15 is 0 Å². The van der Waals surface area contributed by atoms with E-state index in [1.54, 1.807) is 0 Å². The van der Waals surface area contributed by atoms with Gasteiger partial charge in [0, 0.05) is 22.6 Å². The first-order valence-corrected chi connectivity index (χ1v) is 7.06. The number of nitrogens with one attached hydrogen (secondary N) is 1. The van der Waals surface area contributed by atoms with E-state index in [4.69, 9.17) is 23.2 Å². The Hall–Kier alpha value is -1.02. The summed E-state index contributed by atoms with van der Waals surface area (Å²) < 4.78 is 0. The van der Waals surface area contributed by atoms with Gasteiger partial charge in [-0.3, -0.25) is 0 Å². The molecule has 100 valence electrons. The standard InChI is InChI=1S/C16H17Cl2N/c1-11-9-14(17)8-7-13(11)10-19-12(2)15-5-3-4-6-16(15)18/h3-9,12,19H,10H2,1-2H3/t12-/m1/s1. The fraction of sp³-hybridized carbons (Fsp3) is 0.250. The number of hydrogen-bond acceptors (Lipinski definition) is 1. The van der Waals surface area contributed by atoms with E-state index in [1.807, 2.05) is 30.3 Å². The molecule has 3 heteroatoms. The summed E-state index contributed by atoms with van der Waals surface area (Å²) in [4.78, 5) is 0. The molecule has 0 spiro atoms. The third kappa shape index (κ3) is 3.73. The van der Waals surface area contributed by atoms with Gasteiger partial charge in [-0.05, 0) is 48.7 Å². The molecule has 2 rings (SSSR count). The minimum atomic E-state index is 0.212. The van der Waals surface area contributed by atoms with Crippen molar-refractivity contribution in [3.05, 3.63) is 69.2 Å². The lowest BCUT2D eigenvalue weighted by atomic mass is 10.1. The Balaban J connectivity index is 2.04. The second-order valence-corrected chi connectivity index (χ2v) is 5.54. The largest absolute Gasteiger partial charge is 0.306 e. The molecule has 0 amide bonds. The molecule has 1 N–H and O–H groups in total. The molecule has 1 nitrogen and oxygen atoms in total. The number of halogens is 2. The predicted octanol–water partition coefficient (Wildman–Crippen LogP) is 5.15. The monoisotopic (exact) mass is 293 g/mol. The van der Waals surface area contributed by atoms with Crippen LogP contribution in [-0.4, -0.2) is 0 Å². The van der Waals surface area contributed by atoms with Crippen molar-refractivity contribution in [3.63, 3.8) is 0 Å². The Morgan fingerprint density at radius 1 is 1.11 bits per heavy atom. The number of rotatable bonds is 4. The second kappa shape index (κ2) is 6.42. The van der Waals surface area contributed by atoms with Crippen molar-refractivity contribution < 1.29 is 0 Å². The Kier molecular flexibility index (Phi) is 4.87. The molecule has 0 unspecified atom stereocenters. The minimum Gasteiger partial charge on any atom is -0.306 e. The van der Waals surface area contributed by atoms with Crippen LogP contribution in [0.5, 0.6) is 0 Å². The van der Waals surface area contributed by atoms with Crippen molar-refractivity contribution >= 4 is 23.2 Å². The van der Waals surface area contributed by atoms with Gasteiger partial charge in [-0.2, -0.15) is 0 Å². The second-order valence-electron chi connectivity index (χ2n) is 4.69. The minimum absolute atomic E-state index is 0.212. The maximum atomic E-state index is 6.20. The molecular formula is C16H17Cl2N. The zero-order valence-corrected chi connectivity index (χ0v) is 12.6. The molecule has 19 heavy (non-hydrogen) atoms. The molecule has 2 aromatic rings. The van der Waals surface area contributed by atoms with Crippen molar-refractivity contribution in [3.8, 4) is 0 Å². The van der Waals surface area contributed by atoms with Crippen LogP contribution in [0.15, 0.2) is 42.5 Å². The highest BCUT2D eigenvalue weighted by Crippen LogP contribution is 2.23. The first-order chi connectivity index (χ1) is 9.08. The van der Waals surface area contributed by atoms with Crippen LogP contribution < -0.4 is 5.32 Å². The van der Waals surface area contributed by atoms with Crippen LogP contribution in [0.2, 0.25) is 10.0 Å². The lowest BCUT2D eigenvalue weighted by Crippen LogP contribution is -2.18. The summed E-state index contributed by atoms with van der Waals surface area (Å²) in [6, 6.07) is 14.1. The SMILES string of the molecule is Cc1cc(Cl)ccc1CN[C@H](C)c1ccccc1Cl. The zero-order valence-electron chi connectivity index (χ0n) is 11.1. The number of benzene rings is 2. The van der Waals surface area contributed by atoms with Gasteiger partial charge in [-0.1, -0.05) is 47.5 Å². The van der Waals surface area contributed by atoms with Gasteiger partial charge in [0.15, 0.2) is 0 Å². The van der Waals surface area contributed by atoms with Crippen LogP contribution in [0.3, 0.4) is 0 Å². The Morgan fingerprint density at radius 2 is 1.84 bits per heavy atom. The lowest BCUT2D eigenvalue weighted by Gasteiger charge is -2.16. The van der Waals surface area contributed by atoms with E-state index in [-0.39, 0.29) is 6.04 Å². The predicted molar refractivity (Wildman–Crippen MR) is 82.9 cm³/mol. The molecule has 0 aliphatic heterocycles. The first kappa shape index (κ1) is 14.4. The maximum Gasteiger partial charge on any atom is 0.0453 e. The van der Waals surface area contributed by atoms with Gasteiger partial charge in [0.25, 0.3) is 0 Å². The van der Waals surface area contributed by atoms with E-state index in [9.17, 15) is 0 Å². The fourth-order valence-electron chi connectivity index (χ4n) is 2.06. The van der Waals surface area contributed by atoms with Gasteiger partial charge in [0.05, 0.1) is 0 Å². The molecule has 0 aliphatic rings. The van der Waals surface area contributed by atoms with Crippen molar-refractivity contribution in [2.45, 2.75) is 26.4 Å². The average Bonchev–Trinajstić information content (AvgIpc) is 2.38. The van der Waals surface area contributed by atoms with E-state index < -0.39 is 0 Å². The molecule has 0 saturated carbocycles. The molecule has 2 aromatic carbocycles. The van der Waals surface area contributed by atoms with Gasteiger partial charge < -0.3 is 5.32 Å². The normalized spacial score (nSPS) is 12.4. The van der Waals surface area contributed by atoms with Crippen LogP contribution in [0.25, 0.3) is 0 Å². The van der Waals surface area contributed by atoms with Gasteiger partial charge >= 0.3 is 0 Å². The molecule has 0 radical (unpaired) electrons. The van der Waals surface area contributed by atoms with Crippen molar-refractivity contribution in [2.24, 2.45) is 0 Å². The topological polar surface area (TPSA) is 12.0 Å². The zero-order chi connectivity index (χ0) is 13.8. The van der Waals surface area contributed by atoms with Crippen molar-refractivity contribution in [1.82, 2.24) is 5.32 Å². The molecule has 0 aliphatic carbocycles. The quantitative estimate of drug-likeness (QED) is 0.822. The van der Waals surface area contributed by atoms with Gasteiger partial charge in [0.1, 0.15) is 0 Å². The molecule has 1 atom stereocenters. The van der Waals surface area contributed by atoms with E-state index in [2.05, 4.69) is 31.3 Å². The molecule has 0 heterocycles. The average molecular weight is 294 g/mol. The summed E-state index contributed by atoms with van der Waals surface area (Å²) in [5, 5.41) is 5.07. The molecule has 0 saturated heterocycles. The Morgan fingerprint density at radius 3 is 2.53 bits per heavy atom. The molecule has 0 aromatic heterocycles. The third-order valence-electron chi connectivity index (χ3n) is 3.28. The van der Waals surface area contributed by atoms with Crippen LogP contribution in [0.4, 0.5) is 0 Å². The fourth-order valence-corrected chi connectivity index (χ4v) is 2.58. The smallest absolute Gasteiger partial charge is 0.0453 e. The van der Waals surface area contributed by atoms with E-state index in [1.165, 1.54) is 11.1 Å². The molecule has 0 fully saturated rings. The van der Waals surface area contributed by atoms with E-state index in [0.29, 0.717) is 0 Å². The highest BCUT2D eigenvalue weighted by molar-refractivity contribution is 6.31. The third-order valence-corrected chi connectivity index (χ3v) is 3.85. The summed E-state index contributed by atoms with van der Waals surface area (Å²) in [7, 11) is 0.